The van der Waals surface area contributed by atoms with Crippen LogP contribution in [0.25, 0.3) is 21.8 Å². The van der Waals surface area contributed by atoms with Crippen LogP contribution in [0.1, 0.15) is 253 Å². The predicted molar refractivity (Wildman–Crippen MR) is 449 cm³/mol. The maximum atomic E-state index is 12.1. The van der Waals surface area contributed by atoms with Gasteiger partial charge in [0.1, 0.15) is 29.9 Å². The molecule has 2 aromatic heterocycles. The van der Waals surface area contributed by atoms with Gasteiger partial charge in [0.25, 0.3) is 0 Å². The van der Waals surface area contributed by atoms with Crippen molar-refractivity contribution in [1.82, 2.24) is 24.7 Å². The molecule has 0 bridgehead atoms. The van der Waals surface area contributed by atoms with Gasteiger partial charge in [-0.3, -0.25) is 19.6 Å². The maximum Gasteiger partial charge on any atom is 0.410 e. The van der Waals surface area contributed by atoms with Gasteiger partial charge in [-0.05, 0) is 167 Å². The van der Waals surface area contributed by atoms with Crippen molar-refractivity contribution in [1.29, 1.82) is 0 Å². The van der Waals surface area contributed by atoms with E-state index in [4.69, 9.17) is 76.2 Å². The summed E-state index contributed by atoms with van der Waals surface area (Å²) in [7, 11) is 3.02. The number of amides is 2. The summed E-state index contributed by atoms with van der Waals surface area (Å²) in [4.78, 5) is 102. The highest BCUT2D eigenvalue weighted by molar-refractivity contribution is 9.09. The van der Waals surface area contributed by atoms with E-state index < -0.39 is 45.9 Å². The largest absolute Gasteiger partial charge is 1.00 e. The molecule has 7 aliphatic heterocycles. The van der Waals surface area contributed by atoms with Crippen molar-refractivity contribution in [3.8, 4) is 0 Å². The molecule has 0 atom stereocenters. The van der Waals surface area contributed by atoms with Crippen molar-refractivity contribution in [2.45, 2.75) is 299 Å². The third-order valence-electron chi connectivity index (χ3n) is 21.8. The summed E-state index contributed by atoms with van der Waals surface area (Å²) in [5.74, 6) is 1.98. The normalized spacial score (nSPS) is 22.1. The molecule has 116 heavy (non-hydrogen) atoms. The molecule has 5 saturated carbocycles. The molecular formula is C84H131BrCl4N10O17. The number of rotatable bonds is 8. The first kappa shape index (κ1) is 98.4. The van der Waals surface area contributed by atoms with Gasteiger partial charge >= 0.3 is 12.2 Å². The number of piperidine rings is 4. The van der Waals surface area contributed by atoms with Gasteiger partial charge in [-0.25, -0.2) is 15.5 Å². The number of quaternary nitrogens is 1. The highest BCUT2D eigenvalue weighted by atomic mass is 79.9. The second kappa shape index (κ2) is 48.2. The standard InChI is InChI=1S/C22H28ClN3O3.C16H27NO5.C11H10BrClN2.C11H19NO3.C10H17NO3.C7H13NO.C6H10O.CH5NO.2ClH/c23-17-4-5-18-19(6-11-24-20(18)16-17)25-12-15-26-13-9-22(10-14-26)27-21(28-29-22)7-2-1-3-8-21;1-14(2,3)19-13(18)17-11-9-16(10-12-17)20-15(21-22-16)7-5-4-6-8-15;12-4-6-15-10-3-5-14-11-7-8(13)1-2-9(10)11;1-2-4-10(5-3-1)13-11(15-14-10)6-8-12-9-7-11;1-10(2,3)14-9(13)11-6-4-8(12)5-7-11;1-9-8-7-5-3-2-4-6-7;7-6-4-2-1-3-5-6;1-3-2;;/h4-6,11,16H,1-3,7-10,12-15H2,(H,24,25);4-12H2,1-3H3;1-3,5,7H,4,6H2,(H,14,15);12H,1-9H2;4-7H2,1-3H3;2-6H2,1H3;1-5H2;2H2,1H3;2*1H. The van der Waals surface area contributed by atoms with Crippen LogP contribution in [0.5, 0.6) is 0 Å². The number of alkyl halides is 1. The molecule has 4 aromatic rings. The minimum absolute atomic E-state index is 0. The molecule has 32 heteroatoms. The van der Waals surface area contributed by atoms with Crippen LogP contribution in [0.2, 0.25) is 10.0 Å². The lowest BCUT2D eigenvalue weighted by molar-refractivity contribution is -0.674. The average molecular weight is 1770 g/mol. The van der Waals surface area contributed by atoms with Gasteiger partial charge in [-0.15, -0.1) is 12.4 Å². The molecule has 2 amide bonds. The van der Waals surface area contributed by atoms with Gasteiger partial charge in [0.15, 0.2) is 0 Å². The van der Waals surface area contributed by atoms with Gasteiger partial charge in [0.05, 0.1) is 49.8 Å². The first-order valence-corrected chi connectivity index (χ1v) is 43.8. The lowest BCUT2D eigenvalue weighted by atomic mass is 9.93. The number of carbonyl (C=O) groups is 4. The van der Waals surface area contributed by atoms with Crippen LogP contribution >= 0.6 is 51.5 Å². The van der Waals surface area contributed by atoms with E-state index in [0.717, 1.165) is 213 Å². The van der Waals surface area contributed by atoms with Crippen LogP contribution in [-0.2, 0) is 72.3 Å². The molecule has 7 saturated heterocycles. The van der Waals surface area contributed by atoms with E-state index in [1.54, 1.807) is 23.1 Å². The Bertz CT molecular complexity index is 3610. The highest BCUT2D eigenvalue weighted by Crippen LogP contribution is 2.49. The highest BCUT2D eigenvalue weighted by Gasteiger charge is 2.57. The number of hydrogen-bond acceptors (Lipinski definition) is 24. The Morgan fingerprint density at radius 1 is 0.509 bits per heavy atom. The van der Waals surface area contributed by atoms with Crippen LogP contribution in [0, 0.1) is 0 Å². The molecule has 6 spiro atoms. The molecule has 12 aliphatic rings. The Labute approximate surface area is 717 Å². The molecule has 27 nitrogen and oxygen atoms in total. The molecule has 0 unspecified atom stereocenters. The lowest BCUT2D eigenvalue weighted by Gasteiger charge is -2.38. The van der Waals surface area contributed by atoms with E-state index in [2.05, 4.69) is 67.5 Å². The van der Waals surface area contributed by atoms with Gasteiger partial charge < -0.3 is 76.4 Å². The number of ether oxygens (including phenoxy) is 5. The number of Topliss-reactive ketones (excluding diaryl/α,β-unsaturated/α-hetero) is 2. The van der Waals surface area contributed by atoms with Gasteiger partial charge in [-0.1, -0.05) is 76.4 Å². The number of aromatic nitrogens is 2. The van der Waals surface area contributed by atoms with Crippen LogP contribution in [0.15, 0.2) is 66.1 Å². The average Bonchev–Trinajstić information content (AvgIpc) is 1.63. The number of nitrogens with one attached hydrogen (secondary N) is 2. The first-order valence-electron chi connectivity index (χ1n) is 41.9. The molecule has 12 fully saturated rings. The number of halogens is 5. The van der Waals surface area contributed by atoms with Crippen LogP contribution in [0.4, 0.5) is 21.0 Å². The number of pyridine rings is 2. The van der Waals surface area contributed by atoms with Crippen molar-refractivity contribution >= 4 is 114 Å². The Hall–Kier alpha value is -4.67. The molecule has 16 rings (SSSR count). The Kier molecular flexibility index (Phi) is 40.9. The number of anilines is 2. The monoisotopic (exact) mass is 1770 g/mol. The van der Waals surface area contributed by atoms with Gasteiger partial charge in [0.2, 0.25) is 34.7 Å². The topological polar surface area (TPSA) is 303 Å². The number of ketones is 2. The third kappa shape index (κ3) is 31.7. The van der Waals surface area contributed by atoms with Crippen LogP contribution < -0.4 is 34.3 Å². The lowest BCUT2D eigenvalue weighted by Crippen LogP contribution is -3.00. The summed E-state index contributed by atoms with van der Waals surface area (Å²) in [5.41, 5.74) is 4.33. The van der Waals surface area contributed by atoms with Gasteiger partial charge in [-0.2, -0.15) is 29.3 Å². The number of hydrogen-bond donors (Lipinski definition) is 4. The number of nitrogens with zero attached hydrogens (tertiary/aromatic N) is 6. The minimum Gasteiger partial charge on any atom is -1.00 e. The predicted octanol–water partition coefficient (Wildman–Crippen LogP) is 14.4. The summed E-state index contributed by atoms with van der Waals surface area (Å²) in [6.45, 7) is 20.0. The fourth-order valence-electron chi connectivity index (χ4n) is 15.8. The van der Waals surface area contributed by atoms with Crippen molar-refractivity contribution in [2.24, 2.45) is 11.1 Å². The summed E-state index contributed by atoms with van der Waals surface area (Å²) >= 11 is 15.4. The molecule has 2 aromatic carbocycles. The second-order valence-corrected chi connectivity index (χ2v) is 35.1. The summed E-state index contributed by atoms with van der Waals surface area (Å²) < 4.78 is 29.4. The van der Waals surface area contributed by atoms with E-state index in [1.807, 2.05) is 96.3 Å². The maximum absolute atomic E-state index is 12.1. The Balaban J connectivity index is 0.000000193. The number of oxime groups is 1. The molecule has 0 radical (unpaired) electrons. The summed E-state index contributed by atoms with van der Waals surface area (Å²) in [6.07, 6.45) is 36.7. The van der Waals surface area contributed by atoms with Crippen LogP contribution in [-0.4, -0.2) is 192 Å². The number of benzene rings is 2. The summed E-state index contributed by atoms with van der Waals surface area (Å²) in [5, 5.41) is 17.6. The van der Waals surface area contributed by atoms with Crippen LogP contribution in [0.3, 0.4) is 0 Å². The summed E-state index contributed by atoms with van der Waals surface area (Å²) in [6, 6.07) is 15.6. The smallest absolute Gasteiger partial charge is 0.410 e. The fraction of sp³-hybridized carbons (Fsp3) is 0.726. The second-order valence-electron chi connectivity index (χ2n) is 33.5. The van der Waals surface area contributed by atoms with E-state index in [0.29, 0.717) is 67.7 Å². The number of carbonyl (C=O) groups excluding carboxylic acids is 4. The minimum atomic E-state index is -0.685. The first-order chi connectivity index (χ1) is 54.7. The number of fused-ring (bicyclic) bond motifs is 2. The van der Waals surface area contributed by atoms with Gasteiger partial charge in [0, 0.05) is 199 Å². The van der Waals surface area contributed by atoms with E-state index >= 15 is 0 Å². The zero-order chi connectivity index (χ0) is 81.6. The SMILES string of the molecule is C1CCC2(CC1)OOC1(CC[NH2+]CC1)O2.CC(C)(C)OC(=O)N1CCC(=O)CC1.CC(C)(C)OC(=O)N1CCC2(CC1)OOC1(CCCCC1)O2.CON.CON=C1CCCCC1.Cl.Clc1ccc2c(NCCBr)ccnc2c1.Clc1ccc2c(NCCN3CCC4(CC3)OOC3(CCCCC3)O4)ccnc2c1.O=C1CCCCC1.[Cl-]. The third-order valence-corrected chi connectivity index (χ3v) is 22.7. The Morgan fingerprint density at radius 3 is 1.24 bits per heavy atom. The van der Waals surface area contributed by atoms with E-state index in [-0.39, 0.29) is 42.8 Å². The van der Waals surface area contributed by atoms with E-state index in [9.17, 15) is 19.2 Å². The van der Waals surface area contributed by atoms with Crippen molar-refractivity contribution < 1.29 is 99.6 Å². The number of nitrogens with two attached hydrogens (primary N) is 2. The Morgan fingerprint density at radius 2 is 0.862 bits per heavy atom. The molecule has 654 valence electrons. The molecule has 5 aliphatic carbocycles. The molecule has 9 heterocycles. The zero-order valence-electron chi connectivity index (χ0n) is 69.8. The molecule has 6 N–H and O–H groups in total. The van der Waals surface area contributed by atoms with E-state index in [1.165, 1.54) is 70.6 Å². The van der Waals surface area contributed by atoms with Crippen molar-refractivity contribution in [2.75, 3.05) is 102 Å². The van der Waals surface area contributed by atoms with Crippen molar-refractivity contribution in [3.63, 3.8) is 0 Å². The van der Waals surface area contributed by atoms with Crippen molar-refractivity contribution in [3.05, 3.63) is 71.0 Å². The quantitative estimate of drug-likeness (QED) is 0.0724. The zero-order valence-corrected chi connectivity index (χ0v) is 74.5. The molecular weight excluding hydrogens is 1640 g/mol. The fourth-order valence-corrected chi connectivity index (χ4v) is 16.3. The number of likely N-dealkylation sites (tertiary alicyclic amines) is 3.